The van der Waals surface area contributed by atoms with Crippen molar-refractivity contribution in [1.29, 1.82) is 0 Å². The molecule has 0 aromatic carbocycles. The van der Waals surface area contributed by atoms with Crippen LogP contribution in [0.2, 0.25) is 0 Å². The molecule has 0 aromatic rings. The minimum atomic E-state index is -1.07. The van der Waals surface area contributed by atoms with Crippen LogP contribution in [0.3, 0.4) is 0 Å². The standard InChI is InChI=1S/C30H52O9/c1-25(2,38-33)15-9-17-27(5,31)21-13-19-29(7,36-21)23-11-12-24(35-23)30(8)20-14-22(37-30)28(6,32)18-10-16-26(3,4)39-34/h9-10,15-16,21-24,31-34H,11-14,17-20H2,1-8H3/b15-9+,16-10+/t21-,22-,23-,24-,27+,28+,29+,30+/m1/s1. The van der Waals surface area contributed by atoms with Crippen molar-refractivity contribution in [2.24, 2.45) is 0 Å². The van der Waals surface area contributed by atoms with Crippen LogP contribution in [0.25, 0.3) is 0 Å². The molecule has 0 aliphatic carbocycles. The molecule has 0 bridgehead atoms. The van der Waals surface area contributed by atoms with Crippen LogP contribution in [0.1, 0.15) is 107 Å². The Bertz CT molecular complexity index is 810. The van der Waals surface area contributed by atoms with Crippen LogP contribution in [-0.2, 0) is 24.0 Å². The predicted molar refractivity (Wildman–Crippen MR) is 147 cm³/mol. The van der Waals surface area contributed by atoms with Gasteiger partial charge in [0.05, 0.1) is 46.8 Å². The van der Waals surface area contributed by atoms with Crippen LogP contribution in [0.5, 0.6) is 0 Å². The molecule has 3 heterocycles. The fraction of sp³-hybridized carbons (Fsp3) is 0.867. The fourth-order valence-corrected chi connectivity index (χ4v) is 6.09. The lowest BCUT2D eigenvalue weighted by Gasteiger charge is -2.38. The summed E-state index contributed by atoms with van der Waals surface area (Å²) in [7, 11) is 0. The normalized spacial score (nSPS) is 37.6. The first-order chi connectivity index (χ1) is 17.9. The maximum absolute atomic E-state index is 11.2. The third-order valence-electron chi connectivity index (χ3n) is 8.97. The molecule has 9 nitrogen and oxygen atoms in total. The number of ether oxygens (including phenoxy) is 3. The second-order valence-electron chi connectivity index (χ2n) is 13.9. The fourth-order valence-electron chi connectivity index (χ4n) is 6.09. The van der Waals surface area contributed by atoms with Crippen LogP contribution < -0.4 is 0 Å². The first-order valence-corrected chi connectivity index (χ1v) is 14.3. The number of aliphatic hydroxyl groups is 2. The van der Waals surface area contributed by atoms with Crippen molar-refractivity contribution in [2.75, 3.05) is 0 Å². The molecule has 0 unspecified atom stereocenters. The molecule has 0 saturated carbocycles. The van der Waals surface area contributed by atoms with Gasteiger partial charge in [0.2, 0.25) is 0 Å². The first kappa shape index (κ1) is 32.6. The lowest BCUT2D eigenvalue weighted by Crippen LogP contribution is -2.47. The summed E-state index contributed by atoms with van der Waals surface area (Å²) >= 11 is 0. The molecule has 3 aliphatic heterocycles. The topological polar surface area (TPSA) is 127 Å². The van der Waals surface area contributed by atoms with E-state index in [0.29, 0.717) is 12.8 Å². The van der Waals surface area contributed by atoms with Crippen LogP contribution in [0.4, 0.5) is 0 Å². The molecule has 3 fully saturated rings. The Balaban J connectivity index is 1.56. The minimum absolute atomic E-state index is 0.107. The average molecular weight is 557 g/mol. The molecule has 226 valence electrons. The van der Waals surface area contributed by atoms with E-state index >= 15 is 0 Å². The summed E-state index contributed by atoms with van der Waals surface area (Å²) in [5.41, 5.74) is -4.78. The molecule has 0 spiro atoms. The van der Waals surface area contributed by atoms with E-state index in [0.717, 1.165) is 38.5 Å². The number of hydrogen-bond acceptors (Lipinski definition) is 9. The van der Waals surface area contributed by atoms with Gasteiger partial charge in [0.25, 0.3) is 0 Å². The minimum Gasteiger partial charge on any atom is -0.387 e. The van der Waals surface area contributed by atoms with Gasteiger partial charge in [0.15, 0.2) is 0 Å². The Morgan fingerprint density at radius 1 is 0.692 bits per heavy atom. The quantitative estimate of drug-likeness (QED) is 0.143. The molecular formula is C30H52O9. The maximum atomic E-state index is 11.2. The van der Waals surface area contributed by atoms with E-state index in [1.807, 2.05) is 12.2 Å². The highest BCUT2D eigenvalue weighted by molar-refractivity contribution is 5.07. The SMILES string of the molecule is CC(C)(/C=C/C[C@](C)(O)[C@H]1CC[C@@](C)([C@H]2CC[C@H]([C@]3(C)CC[C@H]([C@@](C)(O)C/C=C/C(C)(C)OO)O3)O2)O1)OO. The Labute approximate surface area is 234 Å². The highest BCUT2D eigenvalue weighted by Gasteiger charge is 2.55. The monoisotopic (exact) mass is 556 g/mol. The third-order valence-corrected chi connectivity index (χ3v) is 8.97. The first-order valence-electron chi connectivity index (χ1n) is 14.3. The molecule has 9 heteroatoms. The van der Waals surface area contributed by atoms with Crippen molar-refractivity contribution in [3.8, 4) is 0 Å². The molecule has 3 rings (SSSR count). The summed E-state index contributed by atoms with van der Waals surface area (Å²) in [6.07, 6.45) is 11.7. The second kappa shape index (κ2) is 11.8. The Hall–Kier alpha value is -0.880. The lowest BCUT2D eigenvalue weighted by molar-refractivity contribution is -0.297. The van der Waals surface area contributed by atoms with Crippen molar-refractivity contribution in [1.82, 2.24) is 0 Å². The average Bonchev–Trinajstić information content (AvgIpc) is 3.58. The van der Waals surface area contributed by atoms with E-state index in [2.05, 4.69) is 23.6 Å². The van der Waals surface area contributed by atoms with Crippen molar-refractivity contribution in [3.05, 3.63) is 24.3 Å². The highest BCUT2D eigenvalue weighted by atomic mass is 17.1. The van der Waals surface area contributed by atoms with Gasteiger partial charge < -0.3 is 24.4 Å². The van der Waals surface area contributed by atoms with E-state index in [1.54, 1.807) is 53.7 Å². The third kappa shape index (κ3) is 7.90. The molecule has 0 aromatic heterocycles. The molecular weight excluding hydrogens is 504 g/mol. The zero-order valence-electron chi connectivity index (χ0n) is 25.1. The van der Waals surface area contributed by atoms with Crippen molar-refractivity contribution in [2.45, 2.75) is 165 Å². The van der Waals surface area contributed by atoms with E-state index in [-0.39, 0.29) is 24.4 Å². The summed E-state index contributed by atoms with van der Waals surface area (Å²) in [4.78, 5) is 8.88. The molecule has 39 heavy (non-hydrogen) atoms. The summed E-state index contributed by atoms with van der Waals surface area (Å²) in [6, 6.07) is 0. The summed E-state index contributed by atoms with van der Waals surface area (Å²) < 4.78 is 19.6. The molecule has 8 atom stereocenters. The van der Waals surface area contributed by atoms with Crippen molar-refractivity contribution < 1.29 is 44.7 Å². The zero-order chi connectivity index (χ0) is 29.3. The van der Waals surface area contributed by atoms with Crippen molar-refractivity contribution in [3.63, 3.8) is 0 Å². The predicted octanol–water partition coefficient (Wildman–Crippen LogP) is 5.34. The van der Waals surface area contributed by atoms with Crippen LogP contribution >= 0.6 is 0 Å². The molecule has 0 radical (unpaired) electrons. The Morgan fingerprint density at radius 2 is 1.05 bits per heavy atom. The molecule has 4 N–H and O–H groups in total. The largest absolute Gasteiger partial charge is 0.387 e. The van der Waals surface area contributed by atoms with Crippen LogP contribution in [-0.4, -0.2) is 78.7 Å². The highest BCUT2D eigenvalue weighted by Crippen LogP contribution is 2.48. The van der Waals surface area contributed by atoms with Crippen LogP contribution in [0, 0.1) is 0 Å². The molecule has 3 saturated heterocycles. The zero-order valence-corrected chi connectivity index (χ0v) is 25.1. The van der Waals surface area contributed by atoms with E-state index < -0.39 is 33.6 Å². The van der Waals surface area contributed by atoms with Gasteiger partial charge in [-0.05, 0) is 107 Å². The van der Waals surface area contributed by atoms with Gasteiger partial charge in [-0.2, -0.15) is 0 Å². The summed E-state index contributed by atoms with van der Waals surface area (Å²) in [5.74, 6) is 0. The van der Waals surface area contributed by atoms with E-state index in [1.165, 1.54) is 0 Å². The van der Waals surface area contributed by atoms with Gasteiger partial charge >= 0.3 is 0 Å². The number of rotatable bonds is 12. The lowest BCUT2D eigenvalue weighted by atomic mass is 9.89. The molecule has 0 amide bonds. The van der Waals surface area contributed by atoms with Crippen molar-refractivity contribution >= 4 is 0 Å². The van der Waals surface area contributed by atoms with E-state index in [9.17, 15) is 10.2 Å². The smallest absolute Gasteiger partial charge is 0.116 e. The van der Waals surface area contributed by atoms with Crippen LogP contribution in [0.15, 0.2) is 24.3 Å². The Morgan fingerprint density at radius 3 is 1.38 bits per heavy atom. The Kier molecular flexibility index (Phi) is 9.86. The van der Waals surface area contributed by atoms with Gasteiger partial charge in [0, 0.05) is 0 Å². The van der Waals surface area contributed by atoms with Gasteiger partial charge in [-0.1, -0.05) is 24.3 Å². The van der Waals surface area contributed by atoms with Gasteiger partial charge in [-0.15, -0.1) is 0 Å². The summed E-state index contributed by atoms with van der Waals surface area (Å²) in [6.45, 7) is 14.7. The second-order valence-corrected chi connectivity index (χ2v) is 13.9. The molecule has 3 aliphatic rings. The summed E-state index contributed by atoms with van der Waals surface area (Å²) in [5, 5.41) is 40.3. The van der Waals surface area contributed by atoms with Gasteiger partial charge in [0.1, 0.15) is 11.2 Å². The van der Waals surface area contributed by atoms with Gasteiger partial charge in [-0.3, -0.25) is 10.5 Å². The maximum Gasteiger partial charge on any atom is 0.116 e. The van der Waals surface area contributed by atoms with E-state index in [4.69, 9.17) is 24.7 Å². The number of hydrogen-bond donors (Lipinski definition) is 4. The van der Waals surface area contributed by atoms with Gasteiger partial charge in [-0.25, -0.2) is 9.78 Å².